The first-order valence-corrected chi connectivity index (χ1v) is 10.7. The van der Waals surface area contributed by atoms with E-state index in [1.165, 1.54) is 19.2 Å². The highest BCUT2D eigenvalue weighted by molar-refractivity contribution is 7.92. The van der Waals surface area contributed by atoms with E-state index >= 15 is 0 Å². The van der Waals surface area contributed by atoms with E-state index in [-0.39, 0.29) is 16.7 Å². The van der Waals surface area contributed by atoms with Gasteiger partial charge in [0.2, 0.25) is 11.8 Å². The predicted octanol–water partition coefficient (Wildman–Crippen LogP) is 4.76. The number of hydrogen-bond donors (Lipinski definition) is 0. The molecule has 0 amide bonds. The van der Waals surface area contributed by atoms with Crippen LogP contribution in [0.4, 0.5) is 5.95 Å². The Morgan fingerprint density at radius 2 is 1.33 bits per heavy atom. The van der Waals surface area contributed by atoms with Gasteiger partial charge >= 0.3 is 0 Å². The number of para-hydroxylation sites is 1. The maximum Gasteiger partial charge on any atom is 0.266 e. The minimum Gasteiger partial charge on any atom is -0.439 e. The van der Waals surface area contributed by atoms with Gasteiger partial charge in [0.1, 0.15) is 5.75 Å². The fraction of sp³-hybridized carbons (Fsp3) is 0.0435. The fourth-order valence-electron chi connectivity index (χ4n) is 2.83. The van der Waals surface area contributed by atoms with E-state index in [1.54, 1.807) is 36.4 Å². The molecule has 0 aliphatic rings. The Morgan fingerprint density at radius 3 is 1.97 bits per heavy atom. The zero-order valence-corrected chi connectivity index (χ0v) is 17.0. The Morgan fingerprint density at radius 1 is 0.767 bits per heavy atom. The van der Waals surface area contributed by atoms with Crippen LogP contribution >= 0.6 is 0 Å². The molecule has 0 fully saturated rings. The van der Waals surface area contributed by atoms with E-state index in [4.69, 9.17) is 4.74 Å². The summed E-state index contributed by atoms with van der Waals surface area (Å²) in [5.74, 6) is 0.862. The van der Waals surface area contributed by atoms with Gasteiger partial charge in [0.05, 0.1) is 10.6 Å². The summed E-state index contributed by atoms with van der Waals surface area (Å²) < 4.78 is 33.0. The van der Waals surface area contributed by atoms with Crippen LogP contribution in [-0.2, 0) is 10.0 Å². The molecule has 0 spiro atoms. The number of aromatic nitrogens is 2. The Balaban J connectivity index is 1.79. The predicted molar refractivity (Wildman–Crippen MR) is 116 cm³/mol. The fourth-order valence-corrected chi connectivity index (χ4v) is 3.94. The molecule has 7 heteroatoms. The average Bonchev–Trinajstić information content (AvgIpc) is 2.80. The van der Waals surface area contributed by atoms with Crippen molar-refractivity contribution < 1.29 is 13.2 Å². The SMILES string of the molecule is CN(c1nc(Oc2ccccc2)cc(-c2ccccc2)n1)S(=O)(=O)c1ccccc1. The van der Waals surface area contributed by atoms with Gasteiger partial charge in [-0.1, -0.05) is 66.7 Å². The van der Waals surface area contributed by atoms with E-state index in [2.05, 4.69) is 9.97 Å². The number of nitrogens with zero attached hydrogens (tertiary/aromatic N) is 3. The lowest BCUT2D eigenvalue weighted by atomic mass is 10.1. The lowest BCUT2D eigenvalue weighted by Crippen LogP contribution is -2.28. The average molecular weight is 417 g/mol. The molecule has 0 N–H and O–H groups in total. The van der Waals surface area contributed by atoms with Crippen molar-refractivity contribution in [3.8, 4) is 22.9 Å². The third-order valence-electron chi connectivity index (χ3n) is 4.41. The zero-order chi connectivity index (χ0) is 21.0. The second kappa shape index (κ2) is 8.34. The standard InChI is InChI=1S/C23H19N3O3S/c1-26(30(27,28)20-15-9-4-10-16-20)23-24-21(18-11-5-2-6-12-18)17-22(25-23)29-19-13-7-3-8-14-19/h2-17H,1H3. The van der Waals surface area contributed by atoms with Gasteiger partial charge in [-0.25, -0.2) is 17.7 Å². The molecule has 0 bridgehead atoms. The van der Waals surface area contributed by atoms with Crippen molar-refractivity contribution in [1.29, 1.82) is 0 Å². The van der Waals surface area contributed by atoms with Crippen molar-refractivity contribution in [2.24, 2.45) is 0 Å². The Hall–Kier alpha value is -3.71. The maximum atomic E-state index is 13.1. The van der Waals surface area contributed by atoms with Crippen molar-refractivity contribution >= 4 is 16.0 Å². The van der Waals surface area contributed by atoms with Crippen LogP contribution in [0.25, 0.3) is 11.3 Å². The van der Waals surface area contributed by atoms with E-state index in [0.29, 0.717) is 11.4 Å². The summed E-state index contributed by atoms with van der Waals surface area (Å²) in [6.45, 7) is 0. The van der Waals surface area contributed by atoms with Gasteiger partial charge in [-0.15, -0.1) is 0 Å². The van der Waals surface area contributed by atoms with Crippen LogP contribution in [0, 0.1) is 0 Å². The summed E-state index contributed by atoms with van der Waals surface area (Å²) in [4.78, 5) is 9.01. The summed E-state index contributed by atoms with van der Waals surface area (Å²) in [5.41, 5.74) is 1.38. The smallest absolute Gasteiger partial charge is 0.266 e. The van der Waals surface area contributed by atoms with Gasteiger partial charge in [0, 0.05) is 18.7 Å². The third-order valence-corrected chi connectivity index (χ3v) is 6.16. The van der Waals surface area contributed by atoms with Crippen molar-refractivity contribution in [2.45, 2.75) is 4.90 Å². The zero-order valence-electron chi connectivity index (χ0n) is 16.2. The molecule has 0 aliphatic heterocycles. The van der Waals surface area contributed by atoms with Crippen LogP contribution in [0.15, 0.2) is 102 Å². The van der Waals surface area contributed by atoms with Gasteiger partial charge in [0.15, 0.2) is 0 Å². The van der Waals surface area contributed by atoms with E-state index in [1.807, 2.05) is 48.5 Å². The molecule has 1 heterocycles. The van der Waals surface area contributed by atoms with Crippen molar-refractivity contribution in [2.75, 3.05) is 11.4 Å². The Labute approximate surface area is 175 Å². The van der Waals surface area contributed by atoms with E-state index in [0.717, 1.165) is 9.87 Å². The second-order valence-electron chi connectivity index (χ2n) is 6.46. The first kappa shape index (κ1) is 19.6. The normalized spacial score (nSPS) is 11.1. The molecule has 0 saturated heterocycles. The van der Waals surface area contributed by atoms with Gasteiger partial charge in [-0.3, -0.25) is 0 Å². The molecule has 0 radical (unpaired) electrons. The van der Waals surface area contributed by atoms with Crippen LogP contribution in [0.2, 0.25) is 0 Å². The molecule has 150 valence electrons. The Kier molecular flexibility index (Phi) is 5.45. The maximum absolute atomic E-state index is 13.1. The summed E-state index contributed by atoms with van der Waals surface area (Å²) in [5, 5.41) is 0. The molecule has 3 aromatic carbocycles. The molecule has 30 heavy (non-hydrogen) atoms. The van der Waals surface area contributed by atoms with Crippen molar-refractivity contribution in [3.63, 3.8) is 0 Å². The number of sulfonamides is 1. The van der Waals surface area contributed by atoms with E-state index in [9.17, 15) is 8.42 Å². The molecule has 0 saturated carbocycles. The van der Waals surface area contributed by atoms with Gasteiger partial charge in [-0.2, -0.15) is 4.98 Å². The number of benzene rings is 3. The van der Waals surface area contributed by atoms with Crippen molar-refractivity contribution in [1.82, 2.24) is 9.97 Å². The number of hydrogen-bond acceptors (Lipinski definition) is 5. The van der Waals surface area contributed by atoms with Crippen LogP contribution in [-0.4, -0.2) is 25.4 Å². The first-order valence-electron chi connectivity index (χ1n) is 9.25. The molecular weight excluding hydrogens is 398 g/mol. The number of anilines is 1. The molecule has 0 atom stereocenters. The topological polar surface area (TPSA) is 72.4 Å². The minimum atomic E-state index is -3.83. The van der Waals surface area contributed by atoms with Crippen LogP contribution < -0.4 is 9.04 Å². The van der Waals surface area contributed by atoms with Gasteiger partial charge in [-0.05, 0) is 24.3 Å². The summed E-state index contributed by atoms with van der Waals surface area (Å²) >= 11 is 0. The summed E-state index contributed by atoms with van der Waals surface area (Å²) in [6.07, 6.45) is 0. The second-order valence-corrected chi connectivity index (χ2v) is 8.43. The van der Waals surface area contributed by atoms with Crippen LogP contribution in [0.5, 0.6) is 11.6 Å². The quantitative estimate of drug-likeness (QED) is 0.452. The molecule has 6 nitrogen and oxygen atoms in total. The third kappa shape index (κ3) is 4.16. The van der Waals surface area contributed by atoms with Gasteiger partial charge in [0.25, 0.3) is 10.0 Å². The monoisotopic (exact) mass is 417 g/mol. The molecule has 1 aromatic heterocycles. The van der Waals surface area contributed by atoms with E-state index < -0.39 is 10.0 Å². The molecule has 0 unspecified atom stereocenters. The largest absolute Gasteiger partial charge is 0.439 e. The van der Waals surface area contributed by atoms with Crippen LogP contribution in [0.1, 0.15) is 0 Å². The van der Waals surface area contributed by atoms with Crippen LogP contribution in [0.3, 0.4) is 0 Å². The highest BCUT2D eigenvalue weighted by Gasteiger charge is 2.24. The van der Waals surface area contributed by atoms with Gasteiger partial charge < -0.3 is 4.74 Å². The number of rotatable bonds is 6. The summed E-state index contributed by atoms with van der Waals surface area (Å²) in [7, 11) is -2.40. The lowest BCUT2D eigenvalue weighted by Gasteiger charge is -2.19. The minimum absolute atomic E-state index is 0.0196. The Bertz CT molecular complexity index is 1230. The van der Waals surface area contributed by atoms with Crippen molar-refractivity contribution in [3.05, 3.63) is 97.1 Å². The molecule has 0 aliphatic carbocycles. The molecule has 4 aromatic rings. The summed E-state index contributed by atoms with van der Waals surface area (Å²) in [6, 6.07) is 28.5. The molecule has 4 rings (SSSR count). The lowest BCUT2D eigenvalue weighted by molar-refractivity contribution is 0.462. The highest BCUT2D eigenvalue weighted by atomic mass is 32.2. The number of ether oxygens (including phenoxy) is 1. The first-order chi connectivity index (χ1) is 14.5. The molecular formula is C23H19N3O3S. The highest BCUT2D eigenvalue weighted by Crippen LogP contribution is 2.28.